The van der Waals surface area contributed by atoms with Crippen LogP contribution in [0.1, 0.15) is 32.6 Å². The van der Waals surface area contributed by atoms with Gasteiger partial charge in [-0.3, -0.25) is 4.79 Å². The zero-order chi connectivity index (χ0) is 12.8. The zero-order valence-electron chi connectivity index (χ0n) is 11.6. The number of carbonyl (C=O) groups excluding carboxylic acids is 1. The van der Waals surface area contributed by atoms with E-state index in [1.807, 2.05) is 14.0 Å². The molecule has 1 aliphatic rings. The first-order chi connectivity index (χ1) is 8.08. The molecular formula is C13H27N3O. The number of nitrogens with one attached hydrogen (secondary N) is 2. The molecule has 1 rings (SSSR count). The molecule has 0 bridgehead atoms. The van der Waals surface area contributed by atoms with Crippen molar-refractivity contribution in [1.29, 1.82) is 0 Å². The fraction of sp³-hybridized carbons (Fsp3) is 0.923. The number of amides is 1. The highest BCUT2D eigenvalue weighted by atomic mass is 16.1. The van der Waals surface area contributed by atoms with Gasteiger partial charge in [0.1, 0.15) is 0 Å². The summed E-state index contributed by atoms with van der Waals surface area (Å²) in [6, 6.07) is 1.34. The van der Waals surface area contributed by atoms with E-state index in [1.54, 1.807) is 7.05 Å². The van der Waals surface area contributed by atoms with Crippen molar-refractivity contribution in [2.24, 2.45) is 5.92 Å². The minimum Gasteiger partial charge on any atom is -0.359 e. The number of rotatable bonds is 5. The van der Waals surface area contributed by atoms with Crippen LogP contribution in [-0.4, -0.2) is 50.6 Å². The fourth-order valence-electron chi connectivity index (χ4n) is 2.72. The lowest BCUT2D eigenvalue weighted by atomic mass is 9.90. The number of hydrogen-bond donors (Lipinski definition) is 2. The van der Waals surface area contributed by atoms with Gasteiger partial charge in [0, 0.05) is 31.6 Å². The van der Waals surface area contributed by atoms with E-state index >= 15 is 0 Å². The lowest BCUT2D eigenvalue weighted by Gasteiger charge is -2.35. The number of carbonyl (C=O) groups is 1. The quantitative estimate of drug-likeness (QED) is 0.749. The van der Waals surface area contributed by atoms with Crippen LogP contribution in [0.5, 0.6) is 0 Å². The fourth-order valence-corrected chi connectivity index (χ4v) is 2.72. The Morgan fingerprint density at radius 1 is 1.29 bits per heavy atom. The van der Waals surface area contributed by atoms with Crippen LogP contribution in [0, 0.1) is 5.92 Å². The van der Waals surface area contributed by atoms with Gasteiger partial charge in [-0.05, 0) is 39.8 Å². The van der Waals surface area contributed by atoms with E-state index < -0.39 is 0 Å². The van der Waals surface area contributed by atoms with E-state index in [0.29, 0.717) is 12.1 Å². The maximum Gasteiger partial charge on any atom is 0.223 e. The van der Waals surface area contributed by atoms with E-state index in [1.165, 1.54) is 25.7 Å². The Hall–Kier alpha value is -0.610. The summed E-state index contributed by atoms with van der Waals surface area (Å²) >= 11 is 0. The van der Waals surface area contributed by atoms with Crippen molar-refractivity contribution in [2.75, 3.05) is 27.7 Å². The van der Waals surface area contributed by atoms with Gasteiger partial charge in [-0.15, -0.1) is 0 Å². The van der Waals surface area contributed by atoms with Crippen LogP contribution in [0.15, 0.2) is 0 Å². The highest BCUT2D eigenvalue weighted by Gasteiger charge is 2.24. The molecule has 1 fully saturated rings. The standard InChI is InChI=1S/C13H27N3O/c1-10(13(17)15-3)9-16(4)12-7-5-11(14-2)6-8-12/h10-12,14H,5-9H2,1-4H3,(H,15,17). The second-order valence-electron chi connectivity index (χ2n) is 5.25. The third-order valence-corrected chi connectivity index (χ3v) is 3.98. The van der Waals surface area contributed by atoms with Gasteiger partial charge >= 0.3 is 0 Å². The summed E-state index contributed by atoms with van der Waals surface area (Å²) in [5, 5.41) is 6.06. The van der Waals surface area contributed by atoms with Crippen molar-refractivity contribution in [2.45, 2.75) is 44.7 Å². The average Bonchev–Trinajstić information content (AvgIpc) is 2.37. The summed E-state index contributed by atoms with van der Waals surface area (Å²) in [6.45, 7) is 2.85. The van der Waals surface area contributed by atoms with Crippen LogP contribution < -0.4 is 10.6 Å². The van der Waals surface area contributed by atoms with Crippen molar-refractivity contribution in [1.82, 2.24) is 15.5 Å². The largest absolute Gasteiger partial charge is 0.359 e. The lowest BCUT2D eigenvalue weighted by molar-refractivity contribution is -0.124. The van der Waals surface area contributed by atoms with Gasteiger partial charge in [-0.25, -0.2) is 0 Å². The van der Waals surface area contributed by atoms with Gasteiger partial charge in [-0.2, -0.15) is 0 Å². The van der Waals surface area contributed by atoms with E-state index in [0.717, 1.165) is 6.54 Å². The maximum atomic E-state index is 11.5. The molecule has 1 atom stereocenters. The summed E-state index contributed by atoms with van der Waals surface area (Å²) in [7, 11) is 5.89. The van der Waals surface area contributed by atoms with Crippen LogP contribution >= 0.6 is 0 Å². The molecule has 0 aromatic heterocycles. The van der Waals surface area contributed by atoms with E-state index in [-0.39, 0.29) is 11.8 Å². The summed E-state index contributed by atoms with van der Waals surface area (Å²) in [5.74, 6) is 0.216. The molecule has 4 heteroatoms. The second-order valence-corrected chi connectivity index (χ2v) is 5.25. The van der Waals surface area contributed by atoms with Gasteiger partial charge in [-0.1, -0.05) is 6.92 Å². The number of nitrogens with zero attached hydrogens (tertiary/aromatic N) is 1. The van der Waals surface area contributed by atoms with Crippen LogP contribution in [-0.2, 0) is 4.79 Å². The maximum absolute atomic E-state index is 11.5. The second kappa shape index (κ2) is 6.97. The normalized spacial score (nSPS) is 26.9. The molecule has 0 spiro atoms. The van der Waals surface area contributed by atoms with Gasteiger partial charge in [0.25, 0.3) is 0 Å². The molecule has 17 heavy (non-hydrogen) atoms. The Morgan fingerprint density at radius 2 is 1.88 bits per heavy atom. The molecule has 0 aromatic carbocycles. The topological polar surface area (TPSA) is 44.4 Å². The first-order valence-corrected chi connectivity index (χ1v) is 6.67. The van der Waals surface area contributed by atoms with Crippen LogP contribution in [0.3, 0.4) is 0 Å². The molecule has 100 valence electrons. The number of hydrogen-bond acceptors (Lipinski definition) is 3. The third-order valence-electron chi connectivity index (χ3n) is 3.98. The molecule has 0 aromatic rings. The minimum absolute atomic E-state index is 0.0759. The van der Waals surface area contributed by atoms with Crippen LogP contribution in [0.25, 0.3) is 0 Å². The summed E-state index contributed by atoms with van der Waals surface area (Å²) < 4.78 is 0. The zero-order valence-corrected chi connectivity index (χ0v) is 11.6. The summed E-state index contributed by atoms with van der Waals surface area (Å²) in [6.07, 6.45) is 4.98. The molecule has 0 aliphatic heterocycles. The minimum atomic E-state index is 0.0759. The third kappa shape index (κ3) is 4.28. The first kappa shape index (κ1) is 14.5. The van der Waals surface area contributed by atoms with Crippen LogP contribution in [0.2, 0.25) is 0 Å². The van der Waals surface area contributed by atoms with Gasteiger partial charge < -0.3 is 15.5 Å². The lowest BCUT2D eigenvalue weighted by Crippen LogP contribution is -2.43. The molecule has 1 aliphatic carbocycles. The molecule has 1 amide bonds. The van der Waals surface area contributed by atoms with Crippen molar-refractivity contribution in [3.8, 4) is 0 Å². The Kier molecular flexibility index (Phi) is 5.92. The van der Waals surface area contributed by atoms with Gasteiger partial charge in [0.2, 0.25) is 5.91 Å². The Morgan fingerprint density at radius 3 is 2.35 bits per heavy atom. The first-order valence-electron chi connectivity index (χ1n) is 6.67. The molecule has 1 unspecified atom stereocenters. The van der Waals surface area contributed by atoms with Gasteiger partial charge in [0.15, 0.2) is 0 Å². The van der Waals surface area contributed by atoms with E-state index in [9.17, 15) is 4.79 Å². The summed E-state index contributed by atoms with van der Waals surface area (Å²) in [5.41, 5.74) is 0. The molecule has 4 nitrogen and oxygen atoms in total. The Labute approximate surface area is 105 Å². The molecule has 1 saturated carbocycles. The highest BCUT2D eigenvalue weighted by molar-refractivity contribution is 5.78. The Bertz CT molecular complexity index is 237. The van der Waals surface area contributed by atoms with Crippen molar-refractivity contribution in [3.63, 3.8) is 0 Å². The highest BCUT2D eigenvalue weighted by Crippen LogP contribution is 2.22. The average molecular weight is 241 g/mol. The van der Waals surface area contributed by atoms with Crippen molar-refractivity contribution >= 4 is 5.91 Å². The van der Waals surface area contributed by atoms with Crippen molar-refractivity contribution < 1.29 is 4.79 Å². The van der Waals surface area contributed by atoms with Crippen LogP contribution in [0.4, 0.5) is 0 Å². The predicted octanol–water partition coefficient (Wildman–Crippen LogP) is 0.831. The molecule has 0 saturated heterocycles. The van der Waals surface area contributed by atoms with E-state index in [4.69, 9.17) is 0 Å². The smallest absolute Gasteiger partial charge is 0.223 e. The summed E-state index contributed by atoms with van der Waals surface area (Å²) in [4.78, 5) is 13.8. The molecule has 0 heterocycles. The molecular weight excluding hydrogens is 214 g/mol. The molecule has 0 radical (unpaired) electrons. The van der Waals surface area contributed by atoms with E-state index in [2.05, 4.69) is 22.6 Å². The monoisotopic (exact) mass is 241 g/mol. The SMILES string of the molecule is CNC(=O)C(C)CN(C)C1CCC(NC)CC1. The predicted molar refractivity (Wildman–Crippen MR) is 71.0 cm³/mol. The van der Waals surface area contributed by atoms with Crippen molar-refractivity contribution in [3.05, 3.63) is 0 Å². The Balaban J connectivity index is 2.33. The molecule has 2 N–H and O–H groups in total. The van der Waals surface area contributed by atoms with Gasteiger partial charge in [0.05, 0.1) is 0 Å².